The van der Waals surface area contributed by atoms with Gasteiger partial charge in [-0.1, -0.05) is 35.6 Å². The first-order valence-electron chi connectivity index (χ1n) is 8.44. The fraction of sp³-hybridized carbons (Fsp3) is 0.211. The summed E-state index contributed by atoms with van der Waals surface area (Å²) in [6.45, 7) is 1.45. The molecule has 0 unspecified atom stereocenters. The van der Waals surface area contributed by atoms with Gasteiger partial charge in [0.2, 0.25) is 0 Å². The Morgan fingerprint density at radius 2 is 1.58 bits per heavy atom. The van der Waals surface area contributed by atoms with Crippen molar-refractivity contribution in [3.8, 4) is 0 Å². The molecule has 0 fully saturated rings. The van der Waals surface area contributed by atoms with Gasteiger partial charge in [-0.25, -0.2) is 9.97 Å². The normalized spacial score (nSPS) is 11.5. The van der Waals surface area contributed by atoms with Crippen LogP contribution in [-0.2, 0) is 0 Å². The standard InChI is InChI=1S/C19H18N4OS2/c1-22(2)11-12-23(19-21-14-8-4-6-10-16(14)26-19)18(24)17-20-13-7-3-5-9-15(13)25-17/h3-10H,11-12H2,1-2H3/p+1. The van der Waals surface area contributed by atoms with Crippen molar-refractivity contribution in [2.45, 2.75) is 0 Å². The number of thiazole rings is 2. The van der Waals surface area contributed by atoms with Crippen molar-refractivity contribution in [3.63, 3.8) is 0 Å². The molecule has 0 saturated heterocycles. The van der Waals surface area contributed by atoms with E-state index in [1.54, 1.807) is 16.2 Å². The van der Waals surface area contributed by atoms with Crippen molar-refractivity contribution in [1.82, 2.24) is 9.97 Å². The van der Waals surface area contributed by atoms with Gasteiger partial charge in [-0.3, -0.25) is 9.69 Å². The summed E-state index contributed by atoms with van der Waals surface area (Å²) in [5.74, 6) is -0.0773. The van der Waals surface area contributed by atoms with Crippen molar-refractivity contribution in [2.75, 3.05) is 32.1 Å². The van der Waals surface area contributed by atoms with E-state index >= 15 is 0 Å². The number of aromatic nitrogens is 2. The second kappa shape index (κ2) is 7.11. The van der Waals surface area contributed by atoms with Crippen molar-refractivity contribution < 1.29 is 9.69 Å². The predicted octanol–water partition coefficient (Wildman–Crippen LogP) is 2.70. The lowest BCUT2D eigenvalue weighted by atomic mass is 10.3. The van der Waals surface area contributed by atoms with E-state index in [9.17, 15) is 4.79 Å². The number of likely N-dealkylation sites (N-methyl/N-ethyl adjacent to an activating group) is 1. The number of hydrogen-bond donors (Lipinski definition) is 1. The van der Waals surface area contributed by atoms with Gasteiger partial charge >= 0.3 is 0 Å². The summed E-state index contributed by atoms with van der Waals surface area (Å²) >= 11 is 2.99. The van der Waals surface area contributed by atoms with Crippen LogP contribution in [0.1, 0.15) is 9.80 Å². The van der Waals surface area contributed by atoms with Gasteiger partial charge in [0.1, 0.15) is 0 Å². The molecular formula is C19H19N4OS2+. The molecule has 0 spiro atoms. The average molecular weight is 384 g/mol. The number of carbonyl (C=O) groups is 1. The van der Waals surface area contributed by atoms with Crippen LogP contribution in [0.25, 0.3) is 20.4 Å². The fourth-order valence-electron chi connectivity index (χ4n) is 2.67. The molecule has 4 aromatic rings. The SMILES string of the molecule is C[NH+](C)CCN(C(=O)c1nc2ccccc2s1)c1nc2ccccc2s1. The summed E-state index contributed by atoms with van der Waals surface area (Å²) < 4.78 is 2.11. The molecule has 26 heavy (non-hydrogen) atoms. The van der Waals surface area contributed by atoms with E-state index in [4.69, 9.17) is 0 Å². The third-order valence-corrected chi connectivity index (χ3v) is 6.15. The second-order valence-corrected chi connectivity index (χ2v) is 8.40. The quantitative estimate of drug-likeness (QED) is 0.576. The Labute approximate surface area is 159 Å². The molecule has 1 N–H and O–H groups in total. The topological polar surface area (TPSA) is 50.5 Å². The highest BCUT2D eigenvalue weighted by Crippen LogP contribution is 2.30. The van der Waals surface area contributed by atoms with Crippen molar-refractivity contribution in [3.05, 3.63) is 53.5 Å². The van der Waals surface area contributed by atoms with E-state index in [-0.39, 0.29) is 5.91 Å². The number of rotatable bonds is 5. The third kappa shape index (κ3) is 3.33. The van der Waals surface area contributed by atoms with Crippen LogP contribution in [0.4, 0.5) is 5.13 Å². The fourth-order valence-corrected chi connectivity index (χ4v) is 4.58. The Hall–Kier alpha value is -2.35. The molecule has 1 amide bonds. The van der Waals surface area contributed by atoms with E-state index in [0.717, 1.165) is 32.1 Å². The van der Waals surface area contributed by atoms with E-state index in [2.05, 4.69) is 24.1 Å². The summed E-state index contributed by atoms with van der Waals surface area (Å²) in [4.78, 5) is 25.5. The number of quaternary nitrogens is 1. The largest absolute Gasteiger partial charge is 0.338 e. The van der Waals surface area contributed by atoms with Crippen molar-refractivity contribution in [2.24, 2.45) is 0 Å². The maximum atomic E-state index is 13.2. The Morgan fingerprint density at radius 1 is 0.962 bits per heavy atom. The van der Waals surface area contributed by atoms with Gasteiger partial charge in [-0.15, -0.1) is 11.3 Å². The van der Waals surface area contributed by atoms with Crippen LogP contribution in [0.2, 0.25) is 0 Å². The minimum absolute atomic E-state index is 0.0773. The number of fused-ring (bicyclic) bond motifs is 2. The highest BCUT2D eigenvalue weighted by Gasteiger charge is 2.24. The molecule has 0 bridgehead atoms. The summed E-state index contributed by atoms with van der Waals surface area (Å²) in [6, 6.07) is 15.8. The predicted molar refractivity (Wildman–Crippen MR) is 109 cm³/mol. The van der Waals surface area contributed by atoms with E-state index in [1.807, 2.05) is 48.5 Å². The number of carbonyl (C=O) groups excluding carboxylic acids is 1. The molecule has 0 aliphatic carbocycles. The van der Waals surface area contributed by atoms with Gasteiger partial charge in [-0.2, -0.15) is 0 Å². The van der Waals surface area contributed by atoms with Gasteiger partial charge in [0.05, 0.1) is 47.6 Å². The lowest BCUT2D eigenvalue weighted by Gasteiger charge is -2.19. The lowest BCUT2D eigenvalue weighted by molar-refractivity contribution is -0.856. The molecule has 2 aromatic heterocycles. The van der Waals surface area contributed by atoms with Gasteiger partial charge in [0.25, 0.3) is 5.91 Å². The summed E-state index contributed by atoms with van der Waals surface area (Å²) in [7, 11) is 4.16. The molecule has 5 nitrogen and oxygen atoms in total. The van der Waals surface area contributed by atoms with Crippen LogP contribution in [0.3, 0.4) is 0 Å². The molecule has 4 rings (SSSR count). The zero-order valence-corrected chi connectivity index (χ0v) is 16.2. The number of anilines is 1. The van der Waals surface area contributed by atoms with E-state index in [1.165, 1.54) is 16.2 Å². The molecule has 0 atom stereocenters. The Kier molecular flexibility index (Phi) is 4.67. The number of para-hydroxylation sites is 2. The van der Waals surface area contributed by atoms with Crippen LogP contribution in [0, 0.1) is 0 Å². The molecule has 132 valence electrons. The first-order chi connectivity index (χ1) is 12.6. The monoisotopic (exact) mass is 383 g/mol. The Balaban J connectivity index is 1.72. The summed E-state index contributed by atoms with van der Waals surface area (Å²) in [5, 5.41) is 1.25. The molecule has 0 radical (unpaired) electrons. The van der Waals surface area contributed by atoms with E-state index in [0.29, 0.717) is 11.6 Å². The summed E-state index contributed by atoms with van der Waals surface area (Å²) in [5.41, 5.74) is 1.79. The van der Waals surface area contributed by atoms with Gasteiger partial charge in [0.15, 0.2) is 10.1 Å². The van der Waals surface area contributed by atoms with Gasteiger partial charge < -0.3 is 4.90 Å². The molecule has 0 aliphatic rings. The number of hydrogen-bond acceptors (Lipinski definition) is 5. The second-order valence-electron chi connectivity index (χ2n) is 6.36. The maximum Gasteiger partial charge on any atom is 0.289 e. The lowest BCUT2D eigenvalue weighted by Crippen LogP contribution is -3.06. The molecule has 2 aromatic carbocycles. The summed E-state index contributed by atoms with van der Waals surface area (Å²) in [6.07, 6.45) is 0. The van der Waals surface area contributed by atoms with Crippen LogP contribution >= 0.6 is 22.7 Å². The zero-order chi connectivity index (χ0) is 18.1. The number of benzene rings is 2. The first kappa shape index (κ1) is 17.1. The molecule has 7 heteroatoms. The van der Waals surface area contributed by atoms with Gasteiger partial charge in [0, 0.05) is 0 Å². The first-order valence-corrected chi connectivity index (χ1v) is 10.1. The zero-order valence-electron chi connectivity index (χ0n) is 14.6. The minimum atomic E-state index is -0.0773. The number of nitrogens with zero attached hydrogens (tertiary/aromatic N) is 3. The molecule has 0 saturated carbocycles. The maximum absolute atomic E-state index is 13.2. The van der Waals surface area contributed by atoms with Gasteiger partial charge in [-0.05, 0) is 24.3 Å². The average Bonchev–Trinajstić information content (AvgIpc) is 3.25. The van der Waals surface area contributed by atoms with Crippen LogP contribution in [0.15, 0.2) is 48.5 Å². The minimum Gasteiger partial charge on any atom is -0.338 e. The van der Waals surface area contributed by atoms with Crippen LogP contribution in [0.5, 0.6) is 0 Å². The number of amides is 1. The Morgan fingerprint density at radius 3 is 2.19 bits per heavy atom. The molecular weight excluding hydrogens is 364 g/mol. The molecule has 0 aliphatic heterocycles. The number of nitrogens with one attached hydrogen (secondary N) is 1. The highest BCUT2D eigenvalue weighted by atomic mass is 32.1. The highest BCUT2D eigenvalue weighted by molar-refractivity contribution is 7.22. The van der Waals surface area contributed by atoms with E-state index < -0.39 is 0 Å². The third-order valence-electron chi connectivity index (χ3n) is 4.07. The van der Waals surface area contributed by atoms with Crippen molar-refractivity contribution >= 4 is 54.1 Å². The smallest absolute Gasteiger partial charge is 0.289 e. The van der Waals surface area contributed by atoms with Crippen molar-refractivity contribution in [1.29, 1.82) is 0 Å². The Bertz CT molecular complexity index is 1000. The van der Waals surface area contributed by atoms with Crippen LogP contribution in [-0.4, -0.2) is 43.1 Å². The molecule has 2 heterocycles. The van der Waals surface area contributed by atoms with Crippen LogP contribution < -0.4 is 9.80 Å².